The minimum atomic E-state index is -0.498. The lowest BCUT2D eigenvalue weighted by atomic mass is 10.0. The van der Waals surface area contributed by atoms with Crippen molar-refractivity contribution in [3.05, 3.63) is 47.8 Å². The Morgan fingerprint density at radius 2 is 2.14 bits per heavy atom. The zero-order valence-corrected chi connectivity index (χ0v) is 16.2. The highest BCUT2D eigenvalue weighted by molar-refractivity contribution is 5.96. The van der Waals surface area contributed by atoms with Crippen molar-refractivity contribution in [1.82, 2.24) is 19.8 Å². The number of likely N-dealkylation sites (N-methyl/N-ethyl adjacent to an activating group) is 1. The Morgan fingerprint density at radius 1 is 1.34 bits per heavy atom. The molecule has 0 saturated carbocycles. The molecule has 29 heavy (non-hydrogen) atoms. The predicted octanol–water partition coefficient (Wildman–Crippen LogP) is 2.24. The molecule has 0 spiro atoms. The van der Waals surface area contributed by atoms with Crippen LogP contribution in [0.4, 0.5) is 20.6 Å². The molecule has 9 heteroatoms. The Morgan fingerprint density at radius 3 is 2.93 bits per heavy atom. The third kappa shape index (κ3) is 4.34. The van der Waals surface area contributed by atoms with Gasteiger partial charge in [-0.3, -0.25) is 9.69 Å². The molecule has 1 aromatic heterocycles. The first kappa shape index (κ1) is 19.3. The first-order valence-corrected chi connectivity index (χ1v) is 9.64. The van der Waals surface area contributed by atoms with Crippen molar-refractivity contribution in [1.29, 1.82) is 0 Å². The molecule has 8 nitrogen and oxygen atoms in total. The molecule has 1 aromatic carbocycles. The van der Waals surface area contributed by atoms with Gasteiger partial charge in [0.2, 0.25) is 5.91 Å². The second-order valence-corrected chi connectivity index (χ2v) is 7.44. The lowest BCUT2D eigenvalue weighted by Crippen LogP contribution is -2.38. The number of rotatable bonds is 4. The molecule has 2 aliphatic heterocycles. The molecule has 1 atom stereocenters. The van der Waals surface area contributed by atoms with Gasteiger partial charge in [-0.2, -0.15) is 0 Å². The lowest BCUT2D eigenvalue weighted by Gasteiger charge is -2.24. The van der Waals surface area contributed by atoms with Crippen LogP contribution in [0.15, 0.2) is 30.6 Å². The van der Waals surface area contributed by atoms with Crippen molar-refractivity contribution < 1.29 is 14.0 Å². The summed E-state index contributed by atoms with van der Waals surface area (Å²) < 4.78 is 14.4. The highest BCUT2D eigenvalue weighted by Gasteiger charge is 2.30. The molecule has 2 N–H and O–H groups in total. The van der Waals surface area contributed by atoms with Crippen LogP contribution in [0.25, 0.3) is 0 Å². The maximum Gasteiger partial charge on any atom is 0.321 e. The number of nitrogens with zero attached hydrogens (tertiary/aromatic N) is 4. The molecule has 1 unspecified atom stereocenters. The monoisotopic (exact) mass is 398 g/mol. The number of nitrogens with one attached hydrogen (secondary N) is 2. The summed E-state index contributed by atoms with van der Waals surface area (Å²) in [4.78, 5) is 36.5. The van der Waals surface area contributed by atoms with Gasteiger partial charge >= 0.3 is 6.03 Å². The Kier molecular flexibility index (Phi) is 5.39. The number of aryl methyl sites for hydroxylation is 1. The molecule has 3 amide bonds. The zero-order valence-electron chi connectivity index (χ0n) is 16.2. The molecule has 0 aliphatic carbocycles. The van der Waals surface area contributed by atoms with Crippen molar-refractivity contribution in [2.75, 3.05) is 30.8 Å². The first-order valence-electron chi connectivity index (χ1n) is 9.64. The molecule has 1 saturated heterocycles. The second kappa shape index (κ2) is 8.12. The van der Waals surface area contributed by atoms with Crippen molar-refractivity contribution in [2.45, 2.75) is 31.8 Å². The second-order valence-electron chi connectivity index (χ2n) is 7.44. The summed E-state index contributed by atoms with van der Waals surface area (Å²) in [5.41, 5.74) is 1.37. The SMILES string of the molecule is CN(Cc1ncccn1)C1CCN(C(=O)Nc2cc3c(cc2F)CCC(=O)N3)C1. The maximum atomic E-state index is 14.4. The van der Waals surface area contributed by atoms with E-state index >= 15 is 0 Å². The van der Waals surface area contributed by atoms with Crippen LogP contribution in [0.2, 0.25) is 0 Å². The predicted molar refractivity (Wildman–Crippen MR) is 106 cm³/mol. The van der Waals surface area contributed by atoms with Crippen LogP contribution in [0, 0.1) is 5.82 Å². The lowest BCUT2D eigenvalue weighted by molar-refractivity contribution is -0.116. The third-order valence-electron chi connectivity index (χ3n) is 5.41. The fraction of sp³-hybridized carbons (Fsp3) is 0.400. The van der Waals surface area contributed by atoms with Gasteiger partial charge in [0.25, 0.3) is 0 Å². The number of urea groups is 1. The van der Waals surface area contributed by atoms with Gasteiger partial charge in [-0.1, -0.05) is 0 Å². The quantitative estimate of drug-likeness (QED) is 0.824. The van der Waals surface area contributed by atoms with E-state index in [1.165, 1.54) is 12.1 Å². The van der Waals surface area contributed by atoms with Gasteiger partial charge < -0.3 is 15.5 Å². The third-order valence-corrected chi connectivity index (χ3v) is 5.41. The molecule has 4 rings (SSSR count). The fourth-order valence-electron chi connectivity index (χ4n) is 3.74. The van der Waals surface area contributed by atoms with Gasteiger partial charge in [-0.05, 0) is 43.7 Å². The minimum absolute atomic E-state index is 0.0745. The summed E-state index contributed by atoms with van der Waals surface area (Å²) >= 11 is 0. The normalized spacial score (nSPS) is 18.5. The van der Waals surface area contributed by atoms with Crippen molar-refractivity contribution in [3.8, 4) is 0 Å². The average molecular weight is 398 g/mol. The molecule has 2 aliphatic rings. The van der Waals surface area contributed by atoms with Gasteiger partial charge in [0.15, 0.2) is 0 Å². The van der Waals surface area contributed by atoms with Gasteiger partial charge in [0.1, 0.15) is 11.6 Å². The van der Waals surface area contributed by atoms with Crippen LogP contribution in [-0.4, -0.2) is 57.9 Å². The number of anilines is 2. The number of halogens is 1. The molecule has 0 bridgehead atoms. The van der Waals surface area contributed by atoms with E-state index in [0.717, 1.165) is 17.8 Å². The summed E-state index contributed by atoms with van der Waals surface area (Å²) in [7, 11) is 1.98. The number of hydrogen-bond donors (Lipinski definition) is 2. The number of fused-ring (bicyclic) bond motifs is 1. The van der Waals surface area contributed by atoms with Gasteiger partial charge in [0.05, 0.1) is 12.2 Å². The highest BCUT2D eigenvalue weighted by atomic mass is 19.1. The maximum absolute atomic E-state index is 14.4. The van der Waals surface area contributed by atoms with E-state index in [4.69, 9.17) is 0 Å². The number of carbonyl (C=O) groups excluding carboxylic acids is 2. The van der Waals surface area contributed by atoms with Crippen molar-refractivity contribution in [2.24, 2.45) is 0 Å². The van der Waals surface area contributed by atoms with Crippen LogP contribution < -0.4 is 10.6 Å². The zero-order chi connectivity index (χ0) is 20.4. The summed E-state index contributed by atoms with van der Waals surface area (Å²) in [6.07, 6.45) is 5.08. The Balaban J connectivity index is 1.37. The number of hydrogen-bond acceptors (Lipinski definition) is 5. The van der Waals surface area contributed by atoms with Crippen molar-refractivity contribution in [3.63, 3.8) is 0 Å². The number of benzene rings is 1. The molecule has 2 aromatic rings. The summed E-state index contributed by atoms with van der Waals surface area (Å²) in [5.74, 6) is 0.132. The summed E-state index contributed by atoms with van der Waals surface area (Å²) in [5, 5.41) is 5.37. The van der Waals surface area contributed by atoms with Crippen LogP contribution >= 0.6 is 0 Å². The van der Waals surface area contributed by atoms with E-state index in [-0.39, 0.29) is 23.7 Å². The summed E-state index contributed by atoms with van der Waals surface area (Å²) in [6, 6.07) is 4.47. The smallest absolute Gasteiger partial charge is 0.321 e. The Labute approximate surface area is 168 Å². The van der Waals surface area contributed by atoms with Crippen molar-refractivity contribution >= 4 is 23.3 Å². The number of carbonyl (C=O) groups is 2. The fourth-order valence-corrected chi connectivity index (χ4v) is 3.74. The van der Waals surface area contributed by atoms with E-state index < -0.39 is 5.82 Å². The summed E-state index contributed by atoms with van der Waals surface area (Å²) in [6.45, 7) is 1.72. The van der Waals surface area contributed by atoms with Crippen LogP contribution in [0.3, 0.4) is 0 Å². The minimum Gasteiger partial charge on any atom is -0.326 e. The highest BCUT2D eigenvalue weighted by Crippen LogP contribution is 2.29. The van der Waals surface area contributed by atoms with Gasteiger partial charge in [-0.25, -0.2) is 19.2 Å². The number of amides is 3. The largest absolute Gasteiger partial charge is 0.326 e. The number of aromatic nitrogens is 2. The molecule has 0 radical (unpaired) electrons. The standard InChI is InChI=1S/C20H23FN6O2/c1-26(12-18-22-6-2-7-23-18)14-5-8-27(11-14)20(29)25-17-10-16-13(9-15(17)21)3-4-19(28)24-16/h2,6-7,9-10,14H,3-5,8,11-12H2,1H3,(H,24,28)(H,25,29). The van der Waals surface area contributed by atoms with Crippen LogP contribution in [-0.2, 0) is 17.8 Å². The molecule has 1 fully saturated rings. The molecule has 3 heterocycles. The number of likely N-dealkylation sites (tertiary alicyclic amines) is 1. The van der Waals surface area contributed by atoms with Crippen LogP contribution in [0.5, 0.6) is 0 Å². The Hall–Kier alpha value is -3.07. The average Bonchev–Trinajstić information content (AvgIpc) is 3.20. The first-order chi connectivity index (χ1) is 14.0. The van der Waals surface area contributed by atoms with E-state index in [1.807, 2.05) is 7.05 Å². The van der Waals surface area contributed by atoms with E-state index in [1.54, 1.807) is 23.4 Å². The molecule has 152 valence electrons. The topological polar surface area (TPSA) is 90.5 Å². The van der Waals surface area contributed by atoms with E-state index in [0.29, 0.717) is 38.2 Å². The van der Waals surface area contributed by atoms with Crippen LogP contribution in [0.1, 0.15) is 24.2 Å². The van der Waals surface area contributed by atoms with E-state index in [9.17, 15) is 14.0 Å². The van der Waals surface area contributed by atoms with E-state index in [2.05, 4.69) is 25.5 Å². The Bertz CT molecular complexity index is 923. The van der Waals surface area contributed by atoms with Gasteiger partial charge in [0, 0.05) is 43.6 Å². The molecular formula is C20H23FN6O2. The molecular weight excluding hydrogens is 375 g/mol. The van der Waals surface area contributed by atoms with Gasteiger partial charge in [-0.15, -0.1) is 0 Å².